The van der Waals surface area contributed by atoms with Crippen molar-refractivity contribution in [2.75, 3.05) is 29.9 Å². The summed E-state index contributed by atoms with van der Waals surface area (Å²) in [5, 5.41) is 13.4. The molecule has 3 heterocycles. The average Bonchev–Trinajstić information content (AvgIpc) is 3.44. The summed E-state index contributed by atoms with van der Waals surface area (Å²) in [4.78, 5) is 29.7. The molecule has 0 bridgehead atoms. The van der Waals surface area contributed by atoms with Crippen LogP contribution in [0, 0.1) is 11.3 Å². The van der Waals surface area contributed by atoms with Gasteiger partial charge in [0.1, 0.15) is 23.3 Å². The molecule has 2 atom stereocenters. The third-order valence-corrected chi connectivity index (χ3v) is 7.11. The van der Waals surface area contributed by atoms with Gasteiger partial charge in [0.2, 0.25) is 5.95 Å². The van der Waals surface area contributed by atoms with Crippen molar-refractivity contribution in [1.29, 1.82) is 5.26 Å². The molecule has 0 aliphatic carbocycles. The smallest absolute Gasteiger partial charge is 0.266 e. The zero-order chi connectivity index (χ0) is 26.8. The molecule has 1 saturated heterocycles. The van der Waals surface area contributed by atoms with Crippen molar-refractivity contribution >= 4 is 28.5 Å². The number of para-hydroxylation sites is 1. The Morgan fingerprint density at radius 1 is 1.03 bits per heavy atom. The summed E-state index contributed by atoms with van der Waals surface area (Å²) >= 11 is 0. The normalized spacial score (nSPS) is 15.3. The lowest BCUT2D eigenvalue weighted by atomic mass is 10.0. The van der Waals surface area contributed by atoms with E-state index in [0.717, 1.165) is 25.1 Å². The minimum atomic E-state index is -0.528. The number of likely N-dealkylation sites (tertiary alicyclic amines) is 1. The first-order chi connectivity index (χ1) is 18.4. The van der Waals surface area contributed by atoms with Gasteiger partial charge in [-0.1, -0.05) is 30.3 Å². The first-order valence-corrected chi connectivity index (χ1v) is 12.8. The summed E-state index contributed by atoms with van der Waals surface area (Å²) in [7, 11) is 0. The Bertz CT molecular complexity index is 1570. The largest absolute Gasteiger partial charge is 0.382 e. The highest BCUT2D eigenvalue weighted by Crippen LogP contribution is 2.26. The van der Waals surface area contributed by atoms with Crippen molar-refractivity contribution in [2.45, 2.75) is 45.2 Å². The maximum atomic E-state index is 14.2. The van der Waals surface area contributed by atoms with Crippen LogP contribution in [0.4, 0.5) is 17.6 Å². The monoisotopic (exact) mass is 509 g/mol. The van der Waals surface area contributed by atoms with E-state index < -0.39 is 6.04 Å². The quantitative estimate of drug-likeness (QED) is 0.340. The molecule has 0 radical (unpaired) electrons. The van der Waals surface area contributed by atoms with Crippen LogP contribution in [0.1, 0.15) is 49.7 Å². The van der Waals surface area contributed by atoms with Gasteiger partial charge in [-0.2, -0.15) is 15.2 Å². The number of anilines is 3. The molecule has 4 aromatic rings. The van der Waals surface area contributed by atoms with E-state index in [4.69, 9.17) is 16.5 Å². The van der Waals surface area contributed by atoms with Gasteiger partial charge in [-0.15, -0.1) is 0 Å². The van der Waals surface area contributed by atoms with Crippen LogP contribution in [-0.4, -0.2) is 43.6 Å². The van der Waals surface area contributed by atoms with Crippen LogP contribution in [0.15, 0.2) is 53.3 Å². The minimum absolute atomic E-state index is 0.0154. The Balaban J connectivity index is 1.64. The van der Waals surface area contributed by atoms with E-state index in [-0.39, 0.29) is 28.7 Å². The Hall–Kier alpha value is -4.49. The molecule has 0 amide bonds. The third-order valence-electron chi connectivity index (χ3n) is 7.11. The van der Waals surface area contributed by atoms with Crippen LogP contribution in [0.2, 0.25) is 0 Å². The van der Waals surface area contributed by atoms with Crippen molar-refractivity contribution in [1.82, 2.24) is 24.4 Å². The van der Waals surface area contributed by atoms with Gasteiger partial charge in [-0.25, -0.2) is 4.98 Å². The maximum absolute atomic E-state index is 14.2. The van der Waals surface area contributed by atoms with Gasteiger partial charge >= 0.3 is 0 Å². The lowest BCUT2D eigenvalue weighted by Gasteiger charge is -2.25. The highest BCUT2D eigenvalue weighted by molar-refractivity contribution is 5.82. The SMILES string of the molecule is CC(Cc1cccc2nc([C@H](C)Nc3nc(N)nc(N)c3C#N)n(-c3ccccc3)c(=O)c12)N1CCCC1. The number of fused-ring (bicyclic) bond motifs is 1. The van der Waals surface area contributed by atoms with Gasteiger partial charge < -0.3 is 21.7 Å². The van der Waals surface area contributed by atoms with Crippen LogP contribution >= 0.6 is 0 Å². The predicted molar refractivity (Wildman–Crippen MR) is 149 cm³/mol. The number of rotatable bonds is 7. The first kappa shape index (κ1) is 25.2. The van der Waals surface area contributed by atoms with E-state index in [1.54, 1.807) is 4.57 Å². The molecule has 5 N–H and O–H groups in total. The summed E-state index contributed by atoms with van der Waals surface area (Å²) in [6, 6.07) is 17.1. The molecule has 1 unspecified atom stereocenters. The summed E-state index contributed by atoms with van der Waals surface area (Å²) in [6.07, 6.45) is 3.20. The first-order valence-electron chi connectivity index (χ1n) is 12.8. The zero-order valence-electron chi connectivity index (χ0n) is 21.6. The van der Waals surface area contributed by atoms with Gasteiger partial charge in [-0.3, -0.25) is 9.36 Å². The fourth-order valence-corrected chi connectivity index (χ4v) is 5.21. The topological polar surface area (TPSA) is 152 Å². The average molecular weight is 510 g/mol. The Morgan fingerprint density at radius 2 is 1.76 bits per heavy atom. The molecule has 38 heavy (non-hydrogen) atoms. The number of nitrogen functional groups attached to an aromatic ring is 2. The molecule has 0 spiro atoms. The van der Waals surface area contributed by atoms with Gasteiger partial charge in [0, 0.05) is 6.04 Å². The number of nitrogens with two attached hydrogens (primary N) is 2. The van der Waals surface area contributed by atoms with Gasteiger partial charge in [0.25, 0.3) is 5.56 Å². The third kappa shape index (κ3) is 4.76. The van der Waals surface area contributed by atoms with Crippen LogP contribution in [0.3, 0.4) is 0 Å². The summed E-state index contributed by atoms with van der Waals surface area (Å²) < 4.78 is 1.63. The Labute approximate surface area is 221 Å². The molecule has 1 aliphatic heterocycles. The van der Waals surface area contributed by atoms with E-state index >= 15 is 0 Å². The molecule has 10 heteroatoms. The zero-order valence-corrected chi connectivity index (χ0v) is 21.6. The van der Waals surface area contributed by atoms with Crippen molar-refractivity contribution in [2.24, 2.45) is 0 Å². The Morgan fingerprint density at radius 3 is 2.47 bits per heavy atom. The van der Waals surface area contributed by atoms with Crippen LogP contribution in [-0.2, 0) is 6.42 Å². The fraction of sp³-hybridized carbons (Fsp3) is 0.321. The van der Waals surface area contributed by atoms with E-state index in [1.807, 2.05) is 61.5 Å². The highest BCUT2D eigenvalue weighted by Gasteiger charge is 2.24. The highest BCUT2D eigenvalue weighted by atomic mass is 16.1. The number of aromatic nitrogens is 4. The summed E-state index contributed by atoms with van der Waals surface area (Å²) in [5.74, 6) is 0.587. The van der Waals surface area contributed by atoms with Crippen LogP contribution < -0.4 is 22.3 Å². The lowest BCUT2D eigenvalue weighted by molar-refractivity contribution is 0.258. The Kier molecular flexibility index (Phi) is 6.94. The van der Waals surface area contributed by atoms with Crippen LogP contribution in [0.5, 0.6) is 0 Å². The van der Waals surface area contributed by atoms with E-state index in [0.29, 0.717) is 28.5 Å². The van der Waals surface area contributed by atoms with Gasteiger partial charge in [-0.05, 0) is 70.0 Å². The standard InChI is InChI=1S/C28H31N9O/c1-17(36-13-6-7-14-36)15-19-9-8-12-22-23(19)27(38)37(20-10-4-3-5-11-20)26(33-22)18(2)32-25-21(16-29)24(30)34-28(31)35-25/h3-5,8-12,17-18H,6-7,13-15H2,1-2H3,(H5,30,31,32,34,35)/t17?,18-/m0/s1. The molecule has 194 valence electrons. The number of benzene rings is 2. The van der Waals surface area contributed by atoms with Crippen molar-refractivity contribution in [3.63, 3.8) is 0 Å². The van der Waals surface area contributed by atoms with Gasteiger partial charge in [0.15, 0.2) is 5.82 Å². The molecular formula is C28H31N9O. The molecule has 2 aromatic heterocycles. The number of nitrogens with zero attached hydrogens (tertiary/aromatic N) is 6. The van der Waals surface area contributed by atoms with Crippen molar-refractivity contribution < 1.29 is 0 Å². The maximum Gasteiger partial charge on any atom is 0.266 e. The molecule has 1 aliphatic rings. The molecule has 2 aromatic carbocycles. The molecule has 5 rings (SSSR count). The minimum Gasteiger partial charge on any atom is -0.382 e. The van der Waals surface area contributed by atoms with Crippen molar-refractivity contribution in [3.8, 4) is 11.8 Å². The molecule has 0 saturated carbocycles. The fourth-order valence-electron chi connectivity index (χ4n) is 5.21. The number of hydrogen-bond acceptors (Lipinski definition) is 9. The van der Waals surface area contributed by atoms with E-state index in [2.05, 4.69) is 27.1 Å². The molecular weight excluding hydrogens is 478 g/mol. The van der Waals surface area contributed by atoms with Crippen LogP contribution in [0.25, 0.3) is 16.6 Å². The summed E-state index contributed by atoms with van der Waals surface area (Å²) in [5.41, 5.74) is 13.9. The lowest BCUT2D eigenvalue weighted by Crippen LogP contribution is -2.33. The number of nitrogens with one attached hydrogen (secondary N) is 1. The summed E-state index contributed by atoms with van der Waals surface area (Å²) in [6.45, 7) is 6.25. The second-order valence-electron chi connectivity index (χ2n) is 9.72. The second kappa shape index (κ2) is 10.5. The van der Waals surface area contributed by atoms with E-state index in [9.17, 15) is 10.1 Å². The van der Waals surface area contributed by atoms with Gasteiger partial charge in [0.05, 0.1) is 22.6 Å². The molecule has 1 fully saturated rings. The predicted octanol–water partition coefficient (Wildman–Crippen LogP) is 3.41. The van der Waals surface area contributed by atoms with Crippen molar-refractivity contribution in [3.05, 3.63) is 75.8 Å². The molecule has 10 nitrogen and oxygen atoms in total. The number of nitriles is 1. The van der Waals surface area contributed by atoms with E-state index in [1.165, 1.54) is 12.8 Å². The number of hydrogen-bond donors (Lipinski definition) is 3. The second-order valence-corrected chi connectivity index (χ2v) is 9.72.